The van der Waals surface area contributed by atoms with Gasteiger partial charge in [0.1, 0.15) is 11.5 Å². The van der Waals surface area contributed by atoms with Crippen molar-refractivity contribution in [3.05, 3.63) is 21.9 Å². The van der Waals surface area contributed by atoms with Crippen LogP contribution >= 0.6 is 11.3 Å². The van der Waals surface area contributed by atoms with Gasteiger partial charge in [-0.05, 0) is 30.7 Å². The summed E-state index contributed by atoms with van der Waals surface area (Å²) in [6, 6.07) is 2.02. The summed E-state index contributed by atoms with van der Waals surface area (Å²) >= 11 is 1.40. The highest BCUT2D eigenvalue weighted by molar-refractivity contribution is 7.12. The van der Waals surface area contributed by atoms with E-state index in [0.717, 1.165) is 6.42 Å². The molecule has 19 heavy (non-hydrogen) atoms. The molecule has 0 saturated carbocycles. The summed E-state index contributed by atoms with van der Waals surface area (Å²) < 4.78 is 0. The number of hydrogen-bond acceptors (Lipinski definition) is 3. The average Bonchev–Trinajstić information content (AvgIpc) is 2.81. The zero-order valence-electron chi connectivity index (χ0n) is 11.9. The number of carbonyl (C=O) groups is 1. The van der Waals surface area contributed by atoms with Gasteiger partial charge in [0.15, 0.2) is 0 Å². The first kappa shape index (κ1) is 15.7. The zero-order valence-corrected chi connectivity index (χ0v) is 12.8. The summed E-state index contributed by atoms with van der Waals surface area (Å²) in [5.41, 5.74) is 0.702. The highest BCUT2D eigenvalue weighted by Crippen LogP contribution is 2.20. The van der Waals surface area contributed by atoms with Gasteiger partial charge in [-0.25, -0.2) is 0 Å². The molecule has 0 fully saturated rings. The molecule has 1 atom stereocenters. The largest absolute Gasteiger partial charge is 0.384 e. The molecule has 0 aromatic carbocycles. The SMILES string of the molecule is CC(C)CC(C)N(C)C(=O)c1sccc1C#CCO. The number of thiophene rings is 1. The van der Waals surface area contributed by atoms with E-state index in [1.54, 1.807) is 4.90 Å². The molecule has 1 unspecified atom stereocenters. The lowest BCUT2D eigenvalue weighted by Crippen LogP contribution is -2.35. The Bertz CT molecular complexity index is 482. The second-order valence-electron chi connectivity index (χ2n) is 5.02. The van der Waals surface area contributed by atoms with Gasteiger partial charge >= 0.3 is 0 Å². The van der Waals surface area contributed by atoms with Crippen LogP contribution in [-0.4, -0.2) is 35.6 Å². The normalized spacial score (nSPS) is 11.9. The Balaban J connectivity index is 2.85. The first-order chi connectivity index (χ1) is 8.97. The number of aliphatic hydroxyl groups is 1. The van der Waals surface area contributed by atoms with Crippen molar-refractivity contribution in [2.75, 3.05) is 13.7 Å². The van der Waals surface area contributed by atoms with Gasteiger partial charge in [-0.15, -0.1) is 11.3 Å². The van der Waals surface area contributed by atoms with Gasteiger partial charge in [0, 0.05) is 18.7 Å². The molecule has 1 heterocycles. The van der Waals surface area contributed by atoms with Crippen LogP contribution in [0.15, 0.2) is 11.4 Å². The van der Waals surface area contributed by atoms with E-state index in [-0.39, 0.29) is 18.6 Å². The standard InChI is InChI=1S/C15H21NO2S/c1-11(2)10-12(3)16(4)15(18)14-13(6-5-8-17)7-9-19-14/h7,9,11-12,17H,8,10H2,1-4H3. The topological polar surface area (TPSA) is 40.5 Å². The van der Waals surface area contributed by atoms with Crippen LogP contribution in [-0.2, 0) is 0 Å². The molecular weight excluding hydrogens is 258 g/mol. The van der Waals surface area contributed by atoms with Crippen LogP contribution in [0.3, 0.4) is 0 Å². The third-order valence-corrected chi connectivity index (χ3v) is 3.86. The molecule has 0 aliphatic heterocycles. The average molecular weight is 279 g/mol. The summed E-state index contributed by atoms with van der Waals surface area (Å²) in [6.07, 6.45) is 0.977. The van der Waals surface area contributed by atoms with Crippen molar-refractivity contribution in [3.63, 3.8) is 0 Å². The number of rotatable bonds is 4. The van der Waals surface area contributed by atoms with Crippen LogP contribution in [0, 0.1) is 17.8 Å². The molecule has 0 bridgehead atoms. The van der Waals surface area contributed by atoms with Crippen molar-refractivity contribution in [3.8, 4) is 11.8 Å². The van der Waals surface area contributed by atoms with Crippen molar-refractivity contribution < 1.29 is 9.90 Å². The maximum absolute atomic E-state index is 12.4. The summed E-state index contributed by atoms with van der Waals surface area (Å²) in [7, 11) is 1.83. The van der Waals surface area contributed by atoms with E-state index >= 15 is 0 Å². The Labute approximate surface area is 119 Å². The molecule has 0 aliphatic carbocycles. The van der Waals surface area contributed by atoms with Crippen LogP contribution in [0.4, 0.5) is 0 Å². The van der Waals surface area contributed by atoms with E-state index in [1.165, 1.54) is 11.3 Å². The zero-order chi connectivity index (χ0) is 14.4. The Morgan fingerprint density at radius 1 is 1.47 bits per heavy atom. The van der Waals surface area contributed by atoms with E-state index in [0.29, 0.717) is 16.4 Å². The number of nitrogens with zero attached hydrogens (tertiary/aromatic N) is 1. The van der Waals surface area contributed by atoms with Gasteiger partial charge in [0.25, 0.3) is 5.91 Å². The van der Waals surface area contributed by atoms with E-state index in [1.807, 2.05) is 18.5 Å². The third-order valence-electron chi connectivity index (χ3n) is 2.96. The molecule has 1 rings (SSSR count). The highest BCUT2D eigenvalue weighted by Gasteiger charge is 2.21. The van der Waals surface area contributed by atoms with E-state index in [9.17, 15) is 4.79 Å². The molecule has 0 radical (unpaired) electrons. The number of aliphatic hydroxyl groups excluding tert-OH is 1. The number of amides is 1. The molecule has 104 valence electrons. The van der Waals surface area contributed by atoms with Gasteiger partial charge < -0.3 is 10.0 Å². The molecule has 4 heteroatoms. The van der Waals surface area contributed by atoms with Crippen molar-refractivity contribution >= 4 is 17.2 Å². The second kappa shape index (κ2) is 7.32. The summed E-state index contributed by atoms with van der Waals surface area (Å²) in [6.45, 7) is 6.17. The fourth-order valence-electron chi connectivity index (χ4n) is 1.91. The number of carbonyl (C=O) groups excluding carboxylic acids is 1. The maximum Gasteiger partial charge on any atom is 0.265 e. The van der Waals surface area contributed by atoms with Gasteiger partial charge in [-0.1, -0.05) is 25.7 Å². The fraction of sp³-hybridized carbons (Fsp3) is 0.533. The van der Waals surface area contributed by atoms with E-state index in [2.05, 4.69) is 32.6 Å². The minimum absolute atomic E-state index is 0.00499. The first-order valence-corrected chi connectivity index (χ1v) is 7.29. The molecule has 1 N–H and O–H groups in total. The monoisotopic (exact) mass is 279 g/mol. The van der Waals surface area contributed by atoms with E-state index < -0.39 is 0 Å². The predicted octanol–water partition coefficient (Wildman–Crippen LogP) is 2.60. The Morgan fingerprint density at radius 2 is 2.16 bits per heavy atom. The quantitative estimate of drug-likeness (QED) is 0.861. The number of hydrogen-bond donors (Lipinski definition) is 1. The lowest BCUT2D eigenvalue weighted by Gasteiger charge is -2.26. The van der Waals surface area contributed by atoms with Crippen LogP contribution in [0.5, 0.6) is 0 Å². The molecule has 1 amide bonds. The Morgan fingerprint density at radius 3 is 2.74 bits per heavy atom. The van der Waals surface area contributed by atoms with Crippen LogP contribution in [0.1, 0.15) is 42.4 Å². The first-order valence-electron chi connectivity index (χ1n) is 6.41. The van der Waals surface area contributed by atoms with Crippen molar-refractivity contribution in [2.24, 2.45) is 5.92 Å². The second-order valence-corrected chi connectivity index (χ2v) is 5.93. The lowest BCUT2D eigenvalue weighted by atomic mass is 10.0. The van der Waals surface area contributed by atoms with Crippen LogP contribution in [0.25, 0.3) is 0 Å². The highest BCUT2D eigenvalue weighted by atomic mass is 32.1. The van der Waals surface area contributed by atoms with Gasteiger partial charge in [0.05, 0.1) is 0 Å². The molecule has 1 aromatic rings. The smallest absolute Gasteiger partial charge is 0.265 e. The van der Waals surface area contributed by atoms with Crippen molar-refractivity contribution in [1.29, 1.82) is 0 Å². The van der Waals surface area contributed by atoms with Gasteiger partial charge in [-0.3, -0.25) is 4.79 Å². The molecule has 0 spiro atoms. The predicted molar refractivity (Wildman–Crippen MR) is 79.3 cm³/mol. The van der Waals surface area contributed by atoms with Crippen molar-refractivity contribution in [2.45, 2.75) is 33.2 Å². The fourth-order valence-corrected chi connectivity index (χ4v) is 2.74. The third kappa shape index (κ3) is 4.38. The van der Waals surface area contributed by atoms with Gasteiger partial charge in [-0.2, -0.15) is 0 Å². The molecule has 1 aromatic heterocycles. The maximum atomic E-state index is 12.4. The van der Waals surface area contributed by atoms with Gasteiger partial charge in [0.2, 0.25) is 0 Å². The van der Waals surface area contributed by atoms with E-state index in [4.69, 9.17) is 5.11 Å². The molecule has 0 aliphatic rings. The summed E-state index contributed by atoms with van der Waals surface area (Å²) in [5.74, 6) is 5.97. The lowest BCUT2D eigenvalue weighted by molar-refractivity contribution is 0.0733. The van der Waals surface area contributed by atoms with Crippen LogP contribution in [0.2, 0.25) is 0 Å². The Kier molecular flexibility index (Phi) is 6.07. The molecular formula is C15H21NO2S. The summed E-state index contributed by atoms with van der Waals surface area (Å²) in [5, 5.41) is 10.6. The Hall–Kier alpha value is -1.31. The minimum Gasteiger partial charge on any atom is -0.384 e. The molecule has 3 nitrogen and oxygen atoms in total. The minimum atomic E-state index is -0.191. The van der Waals surface area contributed by atoms with Crippen LogP contribution < -0.4 is 0 Å². The molecule has 0 saturated heterocycles. The van der Waals surface area contributed by atoms with Crippen molar-refractivity contribution in [1.82, 2.24) is 4.90 Å². The summed E-state index contributed by atoms with van der Waals surface area (Å²) in [4.78, 5) is 14.8.